The van der Waals surface area contributed by atoms with E-state index in [2.05, 4.69) is 40.2 Å². The summed E-state index contributed by atoms with van der Waals surface area (Å²) in [7, 11) is 0. The second kappa shape index (κ2) is 5.54. The zero-order valence-electron chi connectivity index (χ0n) is 11.8. The van der Waals surface area contributed by atoms with Crippen LogP contribution in [0, 0.1) is 0 Å². The van der Waals surface area contributed by atoms with Gasteiger partial charge in [0.25, 0.3) is 0 Å². The van der Waals surface area contributed by atoms with Crippen LogP contribution in [0.25, 0.3) is 10.2 Å². The summed E-state index contributed by atoms with van der Waals surface area (Å²) in [5, 5.41) is 1.30. The molecule has 1 atom stereocenters. The zero-order chi connectivity index (χ0) is 14.1. The van der Waals surface area contributed by atoms with E-state index in [9.17, 15) is 0 Å². The Hall–Kier alpha value is -1.78. The summed E-state index contributed by atoms with van der Waals surface area (Å²) in [6.45, 7) is 3.25. The van der Waals surface area contributed by atoms with Gasteiger partial charge < -0.3 is 0 Å². The first kappa shape index (κ1) is 12.9. The Labute approximate surface area is 128 Å². The Morgan fingerprint density at radius 2 is 2.14 bits per heavy atom. The SMILES string of the molecule is c1cncc(CN2CC[C@H](c3nc4ccccc4s3)C2)c1. The fourth-order valence-corrected chi connectivity index (χ4v) is 4.09. The zero-order valence-corrected chi connectivity index (χ0v) is 12.6. The molecule has 21 heavy (non-hydrogen) atoms. The Balaban J connectivity index is 1.48. The molecular weight excluding hydrogens is 278 g/mol. The molecule has 0 aliphatic carbocycles. The van der Waals surface area contributed by atoms with Gasteiger partial charge in [0.15, 0.2) is 0 Å². The normalized spacial score (nSPS) is 19.3. The average Bonchev–Trinajstić information content (AvgIpc) is 3.14. The number of nitrogens with zero attached hydrogens (tertiary/aromatic N) is 3. The second-order valence-electron chi connectivity index (χ2n) is 5.60. The fourth-order valence-electron chi connectivity index (χ4n) is 2.99. The third kappa shape index (κ3) is 2.69. The van der Waals surface area contributed by atoms with Gasteiger partial charge in [0.1, 0.15) is 0 Å². The minimum atomic E-state index is 0.582. The van der Waals surface area contributed by atoms with Gasteiger partial charge in [0.2, 0.25) is 0 Å². The highest BCUT2D eigenvalue weighted by Crippen LogP contribution is 2.33. The van der Waals surface area contributed by atoms with Crippen molar-refractivity contribution in [2.45, 2.75) is 18.9 Å². The molecule has 3 aromatic rings. The van der Waals surface area contributed by atoms with Gasteiger partial charge in [-0.25, -0.2) is 4.98 Å². The highest BCUT2D eigenvalue weighted by molar-refractivity contribution is 7.18. The van der Waals surface area contributed by atoms with Crippen LogP contribution in [0.5, 0.6) is 0 Å². The molecule has 2 aromatic heterocycles. The lowest BCUT2D eigenvalue weighted by Crippen LogP contribution is -2.19. The standard InChI is InChI=1S/C17H17N3S/c1-2-6-16-15(5-1)19-17(21-16)14-7-9-20(12-14)11-13-4-3-8-18-10-13/h1-6,8,10,14H,7,9,11-12H2/t14-/m0/s1. The van der Waals surface area contributed by atoms with E-state index in [0.29, 0.717) is 5.92 Å². The van der Waals surface area contributed by atoms with Crippen LogP contribution in [-0.4, -0.2) is 28.0 Å². The van der Waals surface area contributed by atoms with Crippen LogP contribution in [0.1, 0.15) is 22.9 Å². The van der Waals surface area contributed by atoms with Gasteiger partial charge in [-0.3, -0.25) is 9.88 Å². The van der Waals surface area contributed by atoms with E-state index in [0.717, 1.165) is 25.2 Å². The third-order valence-corrected chi connectivity index (χ3v) is 5.26. The summed E-state index contributed by atoms with van der Waals surface area (Å²) in [5.41, 5.74) is 2.44. The molecule has 0 amide bonds. The number of aromatic nitrogens is 2. The maximum absolute atomic E-state index is 4.82. The molecule has 0 unspecified atom stereocenters. The molecule has 3 heterocycles. The molecule has 0 saturated carbocycles. The quantitative estimate of drug-likeness (QED) is 0.738. The molecule has 0 bridgehead atoms. The summed E-state index contributed by atoms with van der Waals surface area (Å²) in [6.07, 6.45) is 5.00. The van der Waals surface area contributed by atoms with E-state index in [1.807, 2.05) is 29.8 Å². The number of fused-ring (bicyclic) bond motifs is 1. The lowest BCUT2D eigenvalue weighted by Gasteiger charge is -2.15. The van der Waals surface area contributed by atoms with Crippen molar-refractivity contribution in [2.24, 2.45) is 0 Å². The minimum absolute atomic E-state index is 0.582. The summed E-state index contributed by atoms with van der Waals surface area (Å²) in [5.74, 6) is 0.582. The molecule has 0 N–H and O–H groups in total. The van der Waals surface area contributed by atoms with E-state index in [1.54, 1.807) is 0 Å². The van der Waals surface area contributed by atoms with E-state index < -0.39 is 0 Å². The number of hydrogen-bond acceptors (Lipinski definition) is 4. The number of para-hydroxylation sites is 1. The number of benzene rings is 1. The highest BCUT2D eigenvalue weighted by Gasteiger charge is 2.26. The summed E-state index contributed by atoms with van der Waals surface area (Å²) in [6, 6.07) is 12.6. The molecular formula is C17H17N3S. The lowest BCUT2D eigenvalue weighted by atomic mass is 10.1. The van der Waals surface area contributed by atoms with Crippen LogP contribution >= 0.6 is 11.3 Å². The minimum Gasteiger partial charge on any atom is -0.298 e. The van der Waals surface area contributed by atoms with Crippen LogP contribution in [0.15, 0.2) is 48.8 Å². The van der Waals surface area contributed by atoms with Gasteiger partial charge in [0.05, 0.1) is 15.2 Å². The van der Waals surface area contributed by atoms with E-state index in [1.165, 1.54) is 21.7 Å². The van der Waals surface area contributed by atoms with Crippen molar-refractivity contribution in [3.63, 3.8) is 0 Å². The van der Waals surface area contributed by atoms with Crippen molar-refractivity contribution < 1.29 is 0 Å². The van der Waals surface area contributed by atoms with Crippen LogP contribution in [0.2, 0.25) is 0 Å². The Morgan fingerprint density at radius 1 is 1.19 bits per heavy atom. The smallest absolute Gasteiger partial charge is 0.0982 e. The van der Waals surface area contributed by atoms with Crippen molar-refractivity contribution in [3.05, 3.63) is 59.4 Å². The molecule has 4 rings (SSSR count). The summed E-state index contributed by atoms with van der Waals surface area (Å²) < 4.78 is 1.30. The second-order valence-corrected chi connectivity index (χ2v) is 6.66. The van der Waals surface area contributed by atoms with Crippen molar-refractivity contribution >= 4 is 21.6 Å². The molecule has 1 aliphatic heterocycles. The molecule has 1 aromatic carbocycles. The van der Waals surface area contributed by atoms with Crippen LogP contribution in [0.3, 0.4) is 0 Å². The lowest BCUT2D eigenvalue weighted by molar-refractivity contribution is 0.326. The molecule has 4 heteroatoms. The van der Waals surface area contributed by atoms with Crippen molar-refractivity contribution in [1.29, 1.82) is 0 Å². The average molecular weight is 295 g/mol. The van der Waals surface area contributed by atoms with Gasteiger partial charge in [-0.15, -0.1) is 11.3 Å². The number of likely N-dealkylation sites (tertiary alicyclic amines) is 1. The number of hydrogen-bond donors (Lipinski definition) is 0. The number of pyridine rings is 1. The number of thiazole rings is 1. The Bertz CT molecular complexity index is 705. The van der Waals surface area contributed by atoms with E-state index in [4.69, 9.17) is 4.98 Å². The van der Waals surface area contributed by atoms with Crippen molar-refractivity contribution in [3.8, 4) is 0 Å². The molecule has 0 spiro atoms. The predicted molar refractivity (Wildman–Crippen MR) is 86.5 cm³/mol. The van der Waals surface area contributed by atoms with Gasteiger partial charge >= 0.3 is 0 Å². The number of rotatable bonds is 3. The molecule has 106 valence electrons. The monoisotopic (exact) mass is 295 g/mol. The van der Waals surface area contributed by atoms with Gasteiger partial charge in [0, 0.05) is 31.4 Å². The first-order valence-electron chi connectivity index (χ1n) is 7.35. The maximum Gasteiger partial charge on any atom is 0.0982 e. The molecule has 0 radical (unpaired) electrons. The predicted octanol–water partition coefficient (Wildman–Crippen LogP) is 3.68. The van der Waals surface area contributed by atoms with Gasteiger partial charge in [-0.2, -0.15) is 0 Å². The Kier molecular flexibility index (Phi) is 3.41. The molecule has 3 nitrogen and oxygen atoms in total. The van der Waals surface area contributed by atoms with Crippen LogP contribution in [-0.2, 0) is 6.54 Å². The molecule has 1 fully saturated rings. The van der Waals surface area contributed by atoms with Gasteiger partial charge in [-0.05, 0) is 36.7 Å². The summed E-state index contributed by atoms with van der Waals surface area (Å²) in [4.78, 5) is 11.5. The van der Waals surface area contributed by atoms with Crippen LogP contribution < -0.4 is 0 Å². The van der Waals surface area contributed by atoms with Crippen LogP contribution in [0.4, 0.5) is 0 Å². The first-order valence-corrected chi connectivity index (χ1v) is 8.17. The maximum atomic E-state index is 4.82. The van der Waals surface area contributed by atoms with Crippen molar-refractivity contribution in [1.82, 2.24) is 14.9 Å². The topological polar surface area (TPSA) is 29.0 Å². The van der Waals surface area contributed by atoms with E-state index >= 15 is 0 Å². The fraction of sp³-hybridized carbons (Fsp3) is 0.294. The van der Waals surface area contributed by atoms with E-state index in [-0.39, 0.29) is 0 Å². The molecule has 1 aliphatic rings. The summed E-state index contributed by atoms with van der Waals surface area (Å²) >= 11 is 1.85. The van der Waals surface area contributed by atoms with Gasteiger partial charge in [-0.1, -0.05) is 18.2 Å². The Morgan fingerprint density at radius 3 is 3.00 bits per heavy atom. The third-order valence-electron chi connectivity index (χ3n) is 4.06. The first-order chi connectivity index (χ1) is 10.4. The molecule has 1 saturated heterocycles. The largest absolute Gasteiger partial charge is 0.298 e. The highest BCUT2D eigenvalue weighted by atomic mass is 32.1. The van der Waals surface area contributed by atoms with Crippen molar-refractivity contribution in [2.75, 3.05) is 13.1 Å².